The van der Waals surface area contributed by atoms with Gasteiger partial charge in [-0.25, -0.2) is 13.8 Å². The Morgan fingerprint density at radius 3 is 2.64 bits per heavy atom. The maximum atomic E-state index is 13.1. The molecule has 0 bridgehead atoms. The zero-order valence-electron chi connectivity index (χ0n) is 13.3. The van der Waals surface area contributed by atoms with E-state index in [0.29, 0.717) is 10.8 Å². The second-order valence-corrected chi connectivity index (χ2v) is 6.43. The molecular weight excluding hydrogens is 346 g/mol. The Kier molecular flexibility index (Phi) is 5.04. The van der Waals surface area contributed by atoms with Crippen molar-refractivity contribution in [2.75, 3.05) is 11.9 Å². The number of carbonyl (C=O) groups excluding carboxylic acids is 1. The summed E-state index contributed by atoms with van der Waals surface area (Å²) in [6, 6.07) is 11.6. The first kappa shape index (κ1) is 17.0. The first-order valence-corrected chi connectivity index (χ1v) is 8.24. The van der Waals surface area contributed by atoms with Gasteiger partial charge in [-0.3, -0.25) is 10.1 Å². The molecule has 0 aliphatic carbocycles. The molecule has 1 N–H and O–H groups in total. The van der Waals surface area contributed by atoms with E-state index in [1.165, 1.54) is 41.7 Å². The van der Waals surface area contributed by atoms with E-state index in [9.17, 15) is 13.6 Å². The maximum absolute atomic E-state index is 13.1. The molecule has 7 heteroatoms. The number of thiazole rings is 1. The van der Waals surface area contributed by atoms with Crippen LogP contribution in [0.4, 0.5) is 13.9 Å². The topological polar surface area (TPSA) is 51.2 Å². The largest absolute Gasteiger partial charge is 0.484 e. The number of carbonyl (C=O) groups is 1. The zero-order valence-corrected chi connectivity index (χ0v) is 14.1. The maximum Gasteiger partial charge on any atom is 0.264 e. The molecule has 0 saturated carbocycles. The highest BCUT2D eigenvalue weighted by Crippen LogP contribution is 2.30. The van der Waals surface area contributed by atoms with Crippen molar-refractivity contribution in [2.24, 2.45) is 0 Å². The number of hydrogen-bond acceptors (Lipinski definition) is 4. The fourth-order valence-electron chi connectivity index (χ4n) is 2.19. The van der Waals surface area contributed by atoms with Crippen molar-refractivity contribution in [1.29, 1.82) is 0 Å². The quantitative estimate of drug-likeness (QED) is 0.733. The molecule has 1 aromatic heterocycles. The van der Waals surface area contributed by atoms with Gasteiger partial charge in [0.1, 0.15) is 17.4 Å². The molecule has 0 fully saturated rings. The van der Waals surface area contributed by atoms with Crippen molar-refractivity contribution in [3.8, 4) is 17.0 Å². The van der Waals surface area contributed by atoms with Gasteiger partial charge in [0.05, 0.1) is 5.69 Å². The number of halogens is 2. The van der Waals surface area contributed by atoms with Crippen LogP contribution in [0.15, 0.2) is 48.5 Å². The second kappa shape index (κ2) is 7.40. The van der Waals surface area contributed by atoms with E-state index in [2.05, 4.69) is 10.3 Å². The monoisotopic (exact) mass is 360 g/mol. The van der Waals surface area contributed by atoms with Crippen LogP contribution in [0.25, 0.3) is 11.3 Å². The van der Waals surface area contributed by atoms with E-state index >= 15 is 0 Å². The SMILES string of the molecule is Cc1sc(NC(=O)COc2cccc(F)c2)nc1-c1ccc(F)cc1. The summed E-state index contributed by atoms with van der Waals surface area (Å²) < 4.78 is 31.3. The molecule has 4 nitrogen and oxygen atoms in total. The minimum absolute atomic E-state index is 0.256. The van der Waals surface area contributed by atoms with Crippen molar-refractivity contribution < 1.29 is 18.3 Å². The van der Waals surface area contributed by atoms with Gasteiger partial charge in [0.2, 0.25) is 0 Å². The Hall–Kier alpha value is -2.80. The molecule has 25 heavy (non-hydrogen) atoms. The minimum atomic E-state index is -0.433. The molecular formula is C18H14F2N2O2S. The van der Waals surface area contributed by atoms with Crippen LogP contribution >= 0.6 is 11.3 Å². The van der Waals surface area contributed by atoms with Gasteiger partial charge in [-0.05, 0) is 43.3 Å². The first-order chi connectivity index (χ1) is 12.0. The summed E-state index contributed by atoms with van der Waals surface area (Å²) in [5, 5.41) is 3.07. The summed E-state index contributed by atoms with van der Waals surface area (Å²) >= 11 is 1.31. The molecule has 0 spiro atoms. The minimum Gasteiger partial charge on any atom is -0.484 e. The average molecular weight is 360 g/mol. The average Bonchev–Trinajstić information content (AvgIpc) is 2.94. The van der Waals surface area contributed by atoms with E-state index in [1.54, 1.807) is 18.2 Å². The third-order valence-corrected chi connectivity index (χ3v) is 4.21. The number of aryl methyl sites for hydroxylation is 1. The Labute approximate surface area is 147 Å². The third-order valence-electron chi connectivity index (χ3n) is 3.33. The Bertz CT molecular complexity index is 894. The lowest BCUT2D eigenvalue weighted by molar-refractivity contribution is -0.118. The summed E-state index contributed by atoms with van der Waals surface area (Å²) in [5.41, 5.74) is 1.46. The second-order valence-electron chi connectivity index (χ2n) is 5.22. The van der Waals surface area contributed by atoms with E-state index in [-0.39, 0.29) is 18.2 Å². The van der Waals surface area contributed by atoms with Gasteiger partial charge < -0.3 is 4.74 Å². The van der Waals surface area contributed by atoms with Gasteiger partial charge >= 0.3 is 0 Å². The molecule has 0 aliphatic rings. The summed E-state index contributed by atoms with van der Waals surface area (Å²) in [6.45, 7) is 1.61. The summed E-state index contributed by atoms with van der Waals surface area (Å²) in [6.07, 6.45) is 0. The van der Waals surface area contributed by atoms with E-state index in [4.69, 9.17) is 4.74 Å². The van der Waals surface area contributed by atoms with Crippen LogP contribution in [0.2, 0.25) is 0 Å². The molecule has 2 aromatic carbocycles. The Balaban J connectivity index is 1.64. The fourth-order valence-corrected chi connectivity index (χ4v) is 3.04. The normalized spacial score (nSPS) is 10.5. The first-order valence-electron chi connectivity index (χ1n) is 7.43. The molecule has 1 heterocycles. The van der Waals surface area contributed by atoms with Gasteiger partial charge in [-0.15, -0.1) is 11.3 Å². The predicted octanol–water partition coefficient (Wildman–Crippen LogP) is 4.41. The third kappa shape index (κ3) is 4.39. The van der Waals surface area contributed by atoms with E-state index in [0.717, 1.165) is 10.4 Å². The molecule has 128 valence electrons. The molecule has 0 unspecified atom stereocenters. The van der Waals surface area contributed by atoms with Crippen LogP contribution in [0.1, 0.15) is 4.88 Å². The zero-order chi connectivity index (χ0) is 17.8. The molecule has 3 rings (SSSR count). The highest BCUT2D eigenvalue weighted by molar-refractivity contribution is 7.16. The molecule has 3 aromatic rings. The van der Waals surface area contributed by atoms with Crippen LogP contribution in [-0.4, -0.2) is 17.5 Å². The molecule has 0 aliphatic heterocycles. The number of nitrogens with one attached hydrogen (secondary N) is 1. The van der Waals surface area contributed by atoms with Crippen molar-refractivity contribution in [3.63, 3.8) is 0 Å². The highest BCUT2D eigenvalue weighted by Gasteiger charge is 2.12. The lowest BCUT2D eigenvalue weighted by Crippen LogP contribution is -2.20. The molecule has 0 radical (unpaired) electrons. The fraction of sp³-hybridized carbons (Fsp3) is 0.111. The number of benzene rings is 2. The summed E-state index contributed by atoms with van der Waals surface area (Å²) in [4.78, 5) is 17.2. The molecule has 1 amide bonds. The Morgan fingerprint density at radius 1 is 1.16 bits per heavy atom. The standard InChI is InChI=1S/C18H14F2N2O2S/c1-11-17(12-5-7-13(19)8-6-12)22-18(25-11)21-16(23)10-24-15-4-2-3-14(20)9-15/h2-9H,10H2,1H3,(H,21,22,23). The molecule has 0 saturated heterocycles. The van der Waals surface area contributed by atoms with E-state index < -0.39 is 11.7 Å². The van der Waals surface area contributed by atoms with Crippen molar-refractivity contribution in [3.05, 3.63) is 65.0 Å². The smallest absolute Gasteiger partial charge is 0.264 e. The van der Waals surface area contributed by atoms with Crippen molar-refractivity contribution in [2.45, 2.75) is 6.92 Å². The van der Waals surface area contributed by atoms with Gasteiger partial charge in [0, 0.05) is 16.5 Å². The number of hydrogen-bond donors (Lipinski definition) is 1. The van der Waals surface area contributed by atoms with Crippen LogP contribution in [0.3, 0.4) is 0 Å². The van der Waals surface area contributed by atoms with Gasteiger partial charge in [0.25, 0.3) is 5.91 Å². The number of anilines is 1. The van der Waals surface area contributed by atoms with Crippen LogP contribution in [0, 0.1) is 18.6 Å². The van der Waals surface area contributed by atoms with Gasteiger partial charge in [0.15, 0.2) is 11.7 Å². The van der Waals surface area contributed by atoms with Crippen LogP contribution in [0.5, 0.6) is 5.75 Å². The number of aromatic nitrogens is 1. The van der Waals surface area contributed by atoms with Gasteiger partial charge in [-0.2, -0.15) is 0 Å². The number of nitrogens with zero attached hydrogens (tertiary/aromatic N) is 1. The van der Waals surface area contributed by atoms with Crippen molar-refractivity contribution >= 4 is 22.4 Å². The summed E-state index contributed by atoms with van der Waals surface area (Å²) in [5.74, 6) is -0.877. The number of amides is 1. The lowest BCUT2D eigenvalue weighted by Gasteiger charge is -2.05. The lowest BCUT2D eigenvalue weighted by atomic mass is 10.1. The Morgan fingerprint density at radius 2 is 1.92 bits per heavy atom. The van der Waals surface area contributed by atoms with Crippen LogP contribution < -0.4 is 10.1 Å². The summed E-state index contributed by atoms with van der Waals surface area (Å²) in [7, 11) is 0. The highest BCUT2D eigenvalue weighted by atomic mass is 32.1. The van der Waals surface area contributed by atoms with Crippen LogP contribution in [-0.2, 0) is 4.79 Å². The number of ether oxygens (including phenoxy) is 1. The molecule has 0 atom stereocenters. The van der Waals surface area contributed by atoms with Gasteiger partial charge in [-0.1, -0.05) is 6.07 Å². The van der Waals surface area contributed by atoms with Crippen molar-refractivity contribution in [1.82, 2.24) is 4.98 Å². The predicted molar refractivity (Wildman–Crippen MR) is 92.8 cm³/mol. The van der Waals surface area contributed by atoms with E-state index in [1.807, 2.05) is 6.92 Å². The number of rotatable bonds is 5.